The van der Waals surface area contributed by atoms with E-state index in [0.717, 1.165) is 28.7 Å². The monoisotopic (exact) mass is 260 g/mol. The van der Waals surface area contributed by atoms with Crippen molar-refractivity contribution in [1.29, 1.82) is 0 Å². The molecule has 96 valence electrons. The summed E-state index contributed by atoms with van der Waals surface area (Å²) in [4.78, 5) is 3.31. The predicted octanol–water partition coefficient (Wildman–Crippen LogP) is 4.53. The summed E-state index contributed by atoms with van der Waals surface area (Å²) < 4.78 is 3.16. The van der Waals surface area contributed by atoms with Crippen LogP contribution >= 0.6 is 12.2 Å². The molecule has 1 heterocycles. The van der Waals surface area contributed by atoms with Gasteiger partial charge in [0.15, 0.2) is 4.77 Å². The van der Waals surface area contributed by atoms with E-state index in [1.807, 2.05) is 0 Å². The molecule has 2 atom stereocenters. The van der Waals surface area contributed by atoms with Gasteiger partial charge in [-0.1, -0.05) is 38.3 Å². The predicted molar refractivity (Wildman–Crippen MR) is 78.2 cm³/mol. The zero-order chi connectivity index (χ0) is 12.5. The molecular weight excluding hydrogens is 240 g/mol. The van der Waals surface area contributed by atoms with Gasteiger partial charge in [0, 0.05) is 6.54 Å². The van der Waals surface area contributed by atoms with E-state index in [1.54, 1.807) is 0 Å². The number of H-pyrrole nitrogens is 1. The molecule has 1 N–H and O–H groups in total. The highest BCUT2D eigenvalue weighted by Gasteiger charge is 2.22. The molecule has 0 aliphatic heterocycles. The van der Waals surface area contributed by atoms with Crippen LogP contribution in [0, 0.1) is 16.6 Å². The van der Waals surface area contributed by atoms with E-state index in [-0.39, 0.29) is 0 Å². The summed E-state index contributed by atoms with van der Waals surface area (Å²) in [7, 11) is 0. The normalized spacial score (nSPS) is 24.5. The van der Waals surface area contributed by atoms with Gasteiger partial charge in [0.25, 0.3) is 0 Å². The third-order valence-corrected chi connectivity index (χ3v) is 4.71. The Balaban J connectivity index is 1.94. The van der Waals surface area contributed by atoms with Gasteiger partial charge < -0.3 is 9.55 Å². The van der Waals surface area contributed by atoms with E-state index in [0.29, 0.717) is 0 Å². The molecule has 0 amide bonds. The lowest BCUT2D eigenvalue weighted by Gasteiger charge is -2.29. The molecule has 0 saturated heterocycles. The summed E-state index contributed by atoms with van der Waals surface area (Å²) >= 11 is 5.47. The number of aromatic amines is 1. The van der Waals surface area contributed by atoms with E-state index in [1.165, 1.54) is 31.2 Å². The van der Waals surface area contributed by atoms with Crippen molar-refractivity contribution < 1.29 is 0 Å². The Labute approximate surface area is 113 Å². The van der Waals surface area contributed by atoms with Crippen molar-refractivity contribution in [1.82, 2.24) is 9.55 Å². The topological polar surface area (TPSA) is 20.7 Å². The molecule has 3 rings (SSSR count). The molecule has 2 unspecified atom stereocenters. The van der Waals surface area contributed by atoms with Gasteiger partial charge in [0.1, 0.15) is 0 Å². The number of fused-ring (bicyclic) bond motifs is 1. The maximum Gasteiger partial charge on any atom is 0.178 e. The van der Waals surface area contributed by atoms with E-state index in [4.69, 9.17) is 12.2 Å². The highest BCUT2D eigenvalue weighted by atomic mass is 32.1. The van der Waals surface area contributed by atoms with Crippen LogP contribution in [0.3, 0.4) is 0 Å². The van der Waals surface area contributed by atoms with Crippen LogP contribution in [0.15, 0.2) is 24.3 Å². The fourth-order valence-electron chi connectivity index (χ4n) is 3.19. The average molecular weight is 260 g/mol. The Bertz CT molecular complexity index is 596. The Kier molecular flexibility index (Phi) is 3.25. The van der Waals surface area contributed by atoms with Gasteiger partial charge in [-0.3, -0.25) is 0 Å². The summed E-state index contributed by atoms with van der Waals surface area (Å²) in [6, 6.07) is 8.41. The second-order valence-corrected chi connectivity index (χ2v) is 5.97. The second kappa shape index (κ2) is 4.88. The van der Waals surface area contributed by atoms with Gasteiger partial charge in [-0.25, -0.2) is 0 Å². The Hall–Kier alpha value is -1.09. The lowest BCUT2D eigenvalue weighted by Crippen LogP contribution is -2.21. The SMILES string of the molecule is CC1CCCCC1Cn1c(=S)[nH]c2ccccc21. The zero-order valence-corrected chi connectivity index (χ0v) is 11.7. The minimum Gasteiger partial charge on any atom is -0.331 e. The summed E-state index contributed by atoms with van der Waals surface area (Å²) in [5.41, 5.74) is 2.41. The van der Waals surface area contributed by atoms with Crippen LogP contribution in [-0.4, -0.2) is 9.55 Å². The van der Waals surface area contributed by atoms with Crippen LogP contribution in [0.5, 0.6) is 0 Å². The van der Waals surface area contributed by atoms with Crippen molar-refractivity contribution >= 4 is 23.3 Å². The van der Waals surface area contributed by atoms with E-state index < -0.39 is 0 Å². The number of hydrogen-bond donors (Lipinski definition) is 1. The maximum absolute atomic E-state index is 5.47. The number of benzene rings is 1. The number of para-hydroxylation sites is 2. The van der Waals surface area contributed by atoms with Gasteiger partial charge in [-0.2, -0.15) is 0 Å². The fraction of sp³-hybridized carbons (Fsp3) is 0.533. The van der Waals surface area contributed by atoms with Crippen molar-refractivity contribution in [3.8, 4) is 0 Å². The first-order chi connectivity index (χ1) is 8.75. The van der Waals surface area contributed by atoms with Gasteiger partial charge in [0.2, 0.25) is 0 Å². The number of rotatable bonds is 2. The molecule has 18 heavy (non-hydrogen) atoms. The van der Waals surface area contributed by atoms with Crippen LogP contribution in [0.4, 0.5) is 0 Å². The minimum atomic E-state index is 0.782. The molecule has 2 aromatic rings. The highest BCUT2D eigenvalue weighted by Crippen LogP contribution is 2.31. The molecule has 3 heteroatoms. The molecule has 1 saturated carbocycles. The lowest BCUT2D eigenvalue weighted by atomic mass is 9.80. The number of imidazole rings is 1. The quantitative estimate of drug-likeness (QED) is 0.787. The summed E-state index contributed by atoms with van der Waals surface area (Å²) in [5, 5.41) is 0. The summed E-state index contributed by atoms with van der Waals surface area (Å²) in [5.74, 6) is 1.61. The number of hydrogen-bond acceptors (Lipinski definition) is 1. The van der Waals surface area contributed by atoms with E-state index >= 15 is 0 Å². The Morgan fingerprint density at radius 2 is 2.06 bits per heavy atom. The smallest absolute Gasteiger partial charge is 0.178 e. The Morgan fingerprint density at radius 3 is 2.89 bits per heavy atom. The molecular formula is C15H20N2S. The average Bonchev–Trinajstić information content (AvgIpc) is 2.69. The van der Waals surface area contributed by atoms with Crippen molar-refractivity contribution in [3.63, 3.8) is 0 Å². The van der Waals surface area contributed by atoms with Gasteiger partial charge in [-0.15, -0.1) is 0 Å². The standard InChI is InChI=1S/C15H20N2S/c1-11-6-2-3-7-12(11)10-17-14-9-5-4-8-13(14)16-15(17)18/h4-5,8-9,11-12H,2-3,6-7,10H2,1H3,(H,16,18). The molecule has 0 spiro atoms. The minimum absolute atomic E-state index is 0.782. The molecule has 1 aromatic carbocycles. The van der Waals surface area contributed by atoms with Crippen LogP contribution in [0.1, 0.15) is 32.6 Å². The van der Waals surface area contributed by atoms with Crippen molar-refractivity contribution in [3.05, 3.63) is 29.0 Å². The largest absolute Gasteiger partial charge is 0.331 e. The maximum atomic E-state index is 5.47. The first-order valence-electron chi connectivity index (χ1n) is 6.93. The van der Waals surface area contributed by atoms with Crippen LogP contribution in [0.25, 0.3) is 11.0 Å². The van der Waals surface area contributed by atoms with Crippen molar-refractivity contribution in [2.45, 2.75) is 39.2 Å². The van der Waals surface area contributed by atoms with E-state index in [9.17, 15) is 0 Å². The van der Waals surface area contributed by atoms with Crippen LogP contribution < -0.4 is 0 Å². The van der Waals surface area contributed by atoms with E-state index in [2.05, 4.69) is 40.7 Å². The second-order valence-electron chi connectivity index (χ2n) is 5.58. The van der Waals surface area contributed by atoms with Gasteiger partial charge >= 0.3 is 0 Å². The molecule has 2 nitrogen and oxygen atoms in total. The molecule has 1 aliphatic rings. The first kappa shape index (κ1) is 12.0. The number of aromatic nitrogens is 2. The van der Waals surface area contributed by atoms with Gasteiger partial charge in [-0.05, 0) is 42.6 Å². The van der Waals surface area contributed by atoms with Gasteiger partial charge in [0.05, 0.1) is 11.0 Å². The fourth-order valence-corrected chi connectivity index (χ4v) is 3.47. The third-order valence-electron chi connectivity index (χ3n) is 4.39. The number of nitrogens with zero attached hydrogens (tertiary/aromatic N) is 1. The summed E-state index contributed by atoms with van der Waals surface area (Å²) in [6.45, 7) is 3.46. The molecule has 0 bridgehead atoms. The lowest BCUT2D eigenvalue weighted by molar-refractivity contribution is 0.230. The number of nitrogens with one attached hydrogen (secondary N) is 1. The van der Waals surface area contributed by atoms with Crippen LogP contribution in [0.2, 0.25) is 0 Å². The molecule has 1 fully saturated rings. The summed E-state index contributed by atoms with van der Waals surface area (Å²) in [6.07, 6.45) is 5.50. The van der Waals surface area contributed by atoms with Crippen molar-refractivity contribution in [2.24, 2.45) is 11.8 Å². The van der Waals surface area contributed by atoms with Crippen molar-refractivity contribution in [2.75, 3.05) is 0 Å². The van der Waals surface area contributed by atoms with Crippen LogP contribution in [-0.2, 0) is 6.54 Å². The highest BCUT2D eigenvalue weighted by molar-refractivity contribution is 7.71. The third kappa shape index (κ3) is 2.12. The molecule has 1 aromatic heterocycles. The Morgan fingerprint density at radius 1 is 1.28 bits per heavy atom. The zero-order valence-electron chi connectivity index (χ0n) is 10.9. The first-order valence-corrected chi connectivity index (χ1v) is 7.34. The molecule has 0 radical (unpaired) electrons. The molecule has 1 aliphatic carbocycles.